The molecular formula is C11H15NO2S. The molecule has 0 fully saturated rings. The van der Waals surface area contributed by atoms with Gasteiger partial charge in [-0.1, -0.05) is 0 Å². The molecule has 0 aromatic heterocycles. The van der Waals surface area contributed by atoms with Gasteiger partial charge in [0, 0.05) is 17.0 Å². The first-order chi connectivity index (χ1) is 7.22. The second kappa shape index (κ2) is 6.35. The fourth-order valence-corrected chi connectivity index (χ4v) is 1.93. The molecule has 1 aromatic rings. The number of hydrogen-bond donors (Lipinski definition) is 1. The molecule has 0 aliphatic heterocycles. The first-order valence-electron chi connectivity index (χ1n) is 4.77. The second-order valence-electron chi connectivity index (χ2n) is 3.10. The van der Waals surface area contributed by atoms with Gasteiger partial charge in [-0.15, -0.1) is 11.8 Å². The van der Waals surface area contributed by atoms with Crippen molar-refractivity contribution in [1.82, 2.24) is 0 Å². The highest BCUT2D eigenvalue weighted by Crippen LogP contribution is 2.20. The summed E-state index contributed by atoms with van der Waals surface area (Å²) in [6.45, 7) is 0. The van der Waals surface area contributed by atoms with Crippen LogP contribution in [-0.2, 0) is 9.53 Å². The van der Waals surface area contributed by atoms with Crippen LogP contribution in [0.15, 0.2) is 29.2 Å². The lowest BCUT2D eigenvalue weighted by Crippen LogP contribution is -1.99. The van der Waals surface area contributed by atoms with Crippen molar-refractivity contribution in [1.29, 1.82) is 0 Å². The largest absolute Gasteiger partial charge is 0.469 e. The Morgan fingerprint density at radius 3 is 2.67 bits per heavy atom. The Hall–Kier alpha value is -1.16. The van der Waals surface area contributed by atoms with E-state index >= 15 is 0 Å². The van der Waals surface area contributed by atoms with Crippen LogP contribution in [0.3, 0.4) is 0 Å². The van der Waals surface area contributed by atoms with Crippen LogP contribution in [0.1, 0.15) is 12.8 Å². The zero-order valence-electron chi connectivity index (χ0n) is 8.73. The van der Waals surface area contributed by atoms with E-state index in [4.69, 9.17) is 5.73 Å². The van der Waals surface area contributed by atoms with E-state index < -0.39 is 0 Å². The highest BCUT2D eigenvalue weighted by molar-refractivity contribution is 7.99. The van der Waals surface area contributed by atoms with Gasteiger partial charge in [0.2, 0.25) is 0 Å². The van der Waals surface area contributed by atoms with Gasteiger partial charge in [-0.25, -0.2) is 0 Å². The monoisotopic (exact) mass is 225 g/mol. The standard InChI is InChI=1S/C11H15NO2S/c1-14-11(13)3-2-8-15-10-6-4-9(12)5-7-10/h4-7H,2-3,8,12H2,1H3. The number of nitrogens with two attached hydrogens (primary N) is 1. The third kappa shape index (κ3) is 4.74. The molecule has 1 rings (SSSR count). The van der Waals surface area contributed by atoms with Crippen LogP contribution < -0.4 is 5.73 Å². The van der Waals surface area contributed by atoms with Crippen LogP contribution in [0.25, 0.3) is 0 Å². The Morgan fingerprint density at radius 2 is 2.07 bits per heavy atom. The molecule has 3 nitrogen and oxygen atoms in total. The van der Waals surface area contributed by atoms with Crippen molar-refractivity contribution in [2.75, 3.05) is 18.6 Å². The van der Waals surface area contributed by atoms with Crippen LogP contribution in [0.5, 0.6) is 0 Å². The molecule has 0 bridgehead atoms. The molecule has 0 atom stereocenters. The van der Waals surface area contributed by atoms with Gasteiger partial charge in [0.25, 0.3) is 0 Å². The summed E-state index contributed by atoms with van der Waals surface area (Å²) in [5, 5.41) is 0. The van der Waals surface area contributed by atoms with Crippen molar-refractivity contribution in [3.63, 3.8) is 0 Å². The molecule has 4 heteroatoms. The van der Waals surface area contributed by atoms with Crippen molar-refractivity contribution in [2.45, 2.75) is 17.7 Å². The van der Waals surface area contributed by atoms with Crippen LogP contribution in [-0.4, -0.2) is 18.8 Å². The summed E-state index contributed by atoms with van der Waals surface area (Å²) in [6.07, 6.45) is 1.32. The molecule has 0 aliphatic carbocycles. The molecule has 0 saturated heterocycles. The zero-order chi connectivity index (χ0) is 11.1. The minimum atomic E-state index is -0.145. The fourth-order valence-electron chi connectivity index (χ4n) is 1.07. The summed E-state index contributed by atoms with van der Waals surface area (Å²) < 4.78 is 4.55. The minimum Gasteiger partial charge on any atom is -0.469 e. The van der Waals surface area contributed by atoms with Gasteiger partial charge in [-0.2, -0.15) is 0 Å². The molecule has 0 radical (unpaired) electrons. The van der Waals surface area contributed by atoms with E-state index in [0.29, 0.717) is 6.42 Å². The number of carbonyl (C=O) groups is 1. The SMILES string of the molecule is COC(=O)CCCSc1ccc(N)cc1. The Morgan fingerprint density at radius 1 is 1.40 bits per heavy atom. The number of rotatable bonds is 5. The smallest absolute Gasteiger partial charge is 0.305 e. The van der Waals surface area contributed by atoms with Crippen molar-refractivity contribution >= 4 is 23.4 Å². The zero-order valence-corrected chi connectivity index (χ0v) is 9.55. The lowest BCUT2D eigenvalue weighted by molar-refractivity contribution is -0.140. The van der Waals surface area contributed by atoms with Gasteiger partial charge < -0.3 is 10.5 Å². The molecule has 0 spiro atoms. The van der Waals surface area contributed by atoms with Crippen molar-refractivity contribution in [3.05, 3.63) is 24.3 Å². The third-order valence-electron chi connectivity index (χ3n) is 1.90. The third-order valence-corrected chi connectivity index (χ3v) is 3.00. The number of thioether (sulfide) groups is 1. The summed E-state index contributed by atoms with van der Waals surface area (Å²) in [4.78, 5) is 12.0. The Kier molecular flexibility index (Phi) is 5.04. The van der Waals surface area contributed by atoms with Gasteiger partial charge in [-0.3, -0.25) is 4.79 Å². The highest BCUT2D eigenvalue weighted by Gasteiger charge is 2.00. The second-order valence-corrected chi connectivity index (χ2v) is 4.27. The summed E-state index contributed by atoms with van der Waals surface area (Å²) in [5.74, 6) is 0.770. The Balaban J connectivity index is 2.20. The maximum Gasteiger partial charge on any atom is 0.305 e. The van der Waals surface area contributed by atoms with Gasteiger partial charge in [0.15, 0.2) is 0 Å². The molecule has 2 N–H and O–H groups in total. The van der Waals surface area contributed by atoms with Crippen LogP contribution in [0.4, 0.5) is 5.69 Å². The predicted octanol–water partition coefficient (Wildman–Crippen LogP) is 2.31. The van der Waals surface area contributed by atoms with E-state index in [9.17, 15) is 4.79 Å². The molecule has 1 aromatic carbocycles. The van der Waals surface area contributed by atoms with Crippen LogP contribution in [0.2, 0.25) is 0 Å². The van der Waals surface area contributed by atoms with Gasteiger partial charge in [-0.05, 0) is 36.4 Å². The van der Waals surface area contributed by atoms with E-state index in [1.54, 1.807) is 11.8 Å². The average Bonchev–Trinajstić information content (AvgIpc) is 2.26. The number of carbonyl (C=O) groups excluding carboxylic acids is 1. The molecule has 0 saturated carbocycles. The maximum atomic E-state index is 10.8. The Labute approximate surface area is 94.0 Å². The predicted molar refractivity (Wildman–Crippen MR) is 62.8 cm³/mol. The molecular weight excluding hydrogens is 210 g/mol. The minimum absolute atomic E-state index is 0.145. The lowest BCUT2D eigenvalue weighted by Gasteiger charge is -2.01. The summed E-state index contributed by atoms with van der Waals surface area (Å²) in [7, 11) is 1.41. The maximum absolute atomic E-state index is 10.8. The summed E-state index contributed by atoms with van der Waals surface area (Å²) >= 11 is 1.72. The average molecular weight is 225 g/mol. The Bertz CT molecular complexity index is 311. The van der Waals surface area contributed by atoms with E-state index in [-0.39, 0.29) is 5.97 Å². The number of ether oxygens (including phenoxy) is 1. The molecule has 0 heterocycles. The number of hydrogen-bond acceptors (Lipinski definition) is 4. The van der Waals surface area contributed by atoms with Gasteiger partial charge in [0.1, 0.15) is 0 Å². The molecule has 82 valence electrons. The lowest BCUT2D eigenvalue weighted by atomic mass is 10.3. The van der Waals surface area contributed by atoms with Crippen molar-refractivity contribution < 1.29 is 9.53 Å². The molecule has 0 aliphatic rings. The van der Waals surface area contributed by atoms with E-state index in [1.165, 1.54) is 12.0 Å². The number of methoxy groups -OCH3 is 1. The highest BCUT2D eigenvalue weighted by atomic mass is 32.2. The van der Waals surface area contributed by atoms with Crippen molar-refractivity contribution in [2.24, 2.45) is 0 Å². The molecule has 0 unspecified atom stereocenters. The van der Waals surface area contributed by atoms with E-state index in [1.807, 2.05) is 24.3 Å². The van der Waals surface area contributed by atoms with Crippen molar-refractivity contribution in [3.8, 4) is 0 Å². The van der Waals surface area contributed by atoms with E-state index in [0.717, 1.165) is 17.9 Å². The fraction of sp³-hybridized carbons (Fsp3) is 0.364. The number of nitrogen functional groups attached to an aromatic ring is 1. The normalized spacial score (nSPS) is 9.93. The van der Waals surface area contributed by atoms with Crippen LogP contribution in [0, 0.1) is 0 Å². The van der Waals surface area contributed by atoms with E-state index in [2.05, 4.69) is 4.74 Å². The topological polar surface area (TPSA) is 52.3 Å². The first kappa shape index (κ1) is 11.9. The van der Waals surface area contributed by atoms with Gasteiger partial charge >= 0.3 is 5.97 Å². The number of anilines is 1. The number of esters is 1. The van der Waals surface area contributed by atoms with Gasteiger partial charge in [0.05, 0.1) is 7.11 Å². The molecule has 0 amide bonds. The first-order valence-corrected chi connectivity index (χ1v) is 5.76. The summed E-state index contributed by atoms with van der Waals surface area (Å²) in [6, 6.07) is 7.72. The quantitative estimate of drug-likeness (QED) is 0.361. The number of benzene rings is 1. The molecule has 15 heavy (non-hydrogen) atoms. The summed E-state index contributed by atoms with van der Waals surface area (Å²) in [5.41, 5.74) is 6.34. The van der Waals surface area contributed by atoms with Crippen LogP contribution >= 0.6 is 11.8 Å².